The monoisotopic (exact) mass is 464 g/mol. The first-order chi connectivity index (χ1) is 15.2. The standard InChI is InChI=1S/C20H16F3N5O3S/c1-3-28-10-18(31-27-28)26-17(29)11-32-19-14(9-24)15(20(21,22)23)8-16(25-19)12-4-6-13(30-2)7-5-12/h4-8,10H,3,11H2,1-2H3/p+1. The summed E-state index contributed by atoms with van der Waals surface area (Å²) in [6.45, 7) is 2.36. The SMILES string of the molecule is CC[n+]1cc(NC(=O)CSc2nc(-c3ccc(OC)cc3)cc(C(F)(F)F)c2C#N)on1. The van der Waals surface area contributed by atoms with Gasteiger partial charge in [-0.2, -0.15) is 18.4 Å². The minimum Gasteiger partial charge on any atom is -0.497 e. The van der Waals surface area contributed by atoms with E-state index in [9.17, 15) is 23.2 Å². The molecule has 2 aromatic heterocycles. The van der Waals surface area contributed by atoms with Gasteiger partial charge in [-0.15, -0.1) is 0 Å². The minimum absolute atomic E-state index is 0.0149. The van der Waals surface area contributed by atoms with E-state index in [0.717, 1.165) is 17.8 Å². The molecule has 0 saturated carbocycles. The Labute approximate surface area is 185 Å². The fourth-order valence-corrected chi connectivity index (χ4v) is 3.46. The molecule has 0 radical (unpaired) electrons. The summed E-state index contributed by atoms with van der Waals surface area (Å²) in [6.07, 6.45) is -3.31. The van der Waals surface area contributed by atoms with Gasteiger partial charge in [-0.25, -0.2) is 4.98 Å². The van der Waals surface area contributed by atoms with E-state index < -0.39 is 23.2 Å². The summed E-state index contributed by atoms with van der Waals surface area (Å²) >= 11 is 0.719. The molecule has 0 bridgehead atoms. The number of nitrogens with zero attached hydrogens (tertiary/aromatic N) is 4. The van der Waals surface area contributed by atoms with Crippen LogP contribution in [-0.4, -0.2) is 29.0 Å². The summed E-state index contributed by atoms with van der Waals surface area (Å²) in [5.41, 5.74) is -1.35. The number of nitrogens with one attached hydrogen (secondary N) is 1. The Hall–Kier alpha value is -3.59. The molecule has 8 nitrogen and oxygen atoms in total. The molecule has 0 saturated heterocycles. The van der Waals surface area contributed by atoms with Gasteiger partial charge < -0.3 is 4.74 Å². The summed E-state index contributed by atoms with van der Waals surface area (Å²) in [5.74, 6) is -0.225. The Kier molecular flexibility index (Phi) is 6.99. The molecule has 0 spiro atoms. The van der Waals surface area contributed by atoms with Crippen molar-refractivity contribution in [2.75, 3.05) is 18.2 Å². The number of nitriles is 1. The van der Waals surface area contributed by atoms with E-state index in [1.54, 1.807) is 30.3 Å². The third kappa shape index (κ3) is 5.36. The van der Waals surface area contributed by atoms with Crippen molar-refractivity contribution in [3.05, 3.63) is 47.7 Å². The maximum absolute atomic E-state index is 13.6. The molecule has 0 aliphatic heterocycles. The zero-order valence-electron chi connectivity index (χ0n) is 16.9. The number of anilines is 1. The van der Waals surface area contributed by atoms with Crippen LogP contribution in [0, 0.1) is 11.3 Å². The molecule has 1 N–H and O–H groups in total. The maximum Gasteiger partial charge on any atom is 0.417 e. The third-order valence-electron chi connectivity index (χ3n) is 4.23. The predicted octanol–water partition coefficient (Wildman–Crippen LogP) is 3.67. The van der Waals surface area contributed by atoms with Crippen LogP contribution in [0.3, 0.4) is 0 Å². The molecular formula is C20H17F3N5O3S+. The highest BCUT2D eigenvalue weighted by molar-refractivity contribution is 8.00. The van der Waals surface area contributed by atoms with Gasteiger partial charge >= 0.3 is 12.1 Å². The van der Waals surface area contributed by atoms with Gasteiger partial charge in [0.25, 0.3) is 6.20 Å². The number of carbonyl (C=O) groups excluding carboxylic acids is 1. The smallest absolute Gasteiger partial charge is 0.417 e. The Balaban J connectivity index is 1.90. The Morgan fingerprint density at radius 2 is 2.06 bits per heavy atom. The van der Waals surface area contributed by atoms with Crippen molar-refractivity contribution in [3.63, 3.8) is 0 Å². The molecule has 1 aromatic carbocycles. The van der Waals surface area contributed by atoms with E-state index in [1.807, 2.05) is 6.92 Å². The number of methoxy groups -OCH3 is 1. The number of aromatic nitrogens is 3. The zero-order valence-corrected chi connectivity index (χ0v) is 17.8. The number of pyridine rings is 1. The highest BCUT2D eigenvalue weighted by Crippen LogP contribution is 2.38. The third-order valence-corrected chi connectivity index (χ3v) is 5.20. The van der Waals surface area contributed by atoms with Crippen LogP contribution in [0.15, 0.2) is 46.1 Å². The first kappa shape index (κ1) is 23.1. The van der Waals surface area contributed by atoms with Gasteiger partial charge in [0.15, 0.2) is 6.54 Å². The number of halogens is 3. The lowest BCUT2D eigenvalue weighted by atomic mass is 10.1. The molecule has 0 atom stereocenters. The van der Waals surface area contributed by atoms with Crippen molar-refractivity contribution < 1.29 is 31.9 Å². The van der Waals surface area contributed by atoms with Crippen LogP contribution in [-0.2, 0) is 17.5 Å². The van der Waals surface area contributed by atoms with Gasteiger partial charge in [0.05, 0.1) is 29.7 Å². The van der Waals surface area contributed by atoms with Crippen LogP contribution in [0.2, 0.25) is 0 Å². The van der Waals surface area contributed by atoms with Crippen LogP contribution in [0.1, 0.15) is 18.1 Å². The van der Waals surface area contributed by atoms with Crippen LogP contribution < -0.4 is 14.7 Å². The van der Waals surface area contributed by atoms with E-state index in [0.29, 0.717) is 17.9 Å². The molecule has 32 heavy (non-hydrogen) atoms. The lowest BCUT2D eigenvalue weighted by molar-refractivity contribution is -0.759. The Morgan fingerprint density at radius 3 is 2.62 bits per heavy atom. The molecule has 0 aliphatic carbocycles. The topological polar surface area (TPSA) is 105 Å². The van der Waals surface area contributed by atoms with Crippen molar-refractivity contribution in [2.24, 2.45) is 0 Å². The first-order valence-electron chi connectivity index (χ1n) is 9.21. The number of aryl methyl sites for hydroxylation is 1. The molecule has 0 fully saturated rings. The lowest BCUT2D eigenvalue weighted by Gasteiger charge is -2.14. The second-order valence-electron chi connectivity index (χ2n) is 6.33. The van der Waals surface area contributed by atoms with Crippen molar-refractivity contribution in [1.82, 2.24) is 10.3 Å². The highest BCUT2D eigenvalue weighted by Gasteiger charge is 2.36. The number of carbonyl (C=O) groups is 1. The van der Waals surface area contributed by atoms with Gasteiger partial charge in [-0.3, -0.25) is 14.6 Å². The Bertz CT molecular complexity index is 1160. The highest BCUT2D eigenvalue weighted by atomic mass is 32.2. The van der Waals surface area contributed by atoms with E-state index >= 15 is 0 Å². The summed E-state index contributed by atoms with van der Waals surface area (Å²) < 4.78 is 52.4. The van der Waals surface area contributed by atoms with E-state index in [2.05, 4.69) is 15.6 Å². The van der Waals surface area contributed by atoms with Crippen LogP contribution in [0.4, 0.5) is 19.1 Å². The Morgan fingerprint density at radius 1 is 1.34 bits per heavy atom. The number of ether oxygens (including phenoxy) is 1. The van der Waals surface area contributed by atoms with Crippen molar-refractivity contribution in [1.29, 1.82) is 5.26 Å². The molecule has 166 valence electrons. The van der Waals surface area contributed by atoms with E-state index in [-0.39, 0.29) is 22.4 Å². The molecule has 2 heterocycles. The average molecular weight is 464 g/mol. The summed E-state index contributed by atoms with van der Waals surface area (Å²) in [7, 11) is 1.47. The number of hydrogen-bond donors (Lipinski definition) is 1. The van der Waals surface area contributed by atoms with Gasteiger partial charge in [-0.1, -0.05) is 16.4 Å². The predicted molar refractivity (Wildman–Crippen MR) is 108 cm³/mol. The van der Waals surface area contributed by atoms with Gasteiger partial charge in [0.1, 0.15) is 16.8 Å². The number of rotatable bonds is 7. The zero-order chi connectivity index (χ0) is 23.3. The summed E-state index contributed by atoms with van der Waals surface area (Å²) in [6, 6.07) is 8.67. The van der Waals surface area contributed by atoms with Gasteiger partial charge in [0.2, 0.25) is 11.2 Å². The molecule has 3 aromatic rings. The first-order valence-corrected chi connectivity index (χ1v) is 10.2. The second kappa shape index (κ2) is 9.69. The number of thioether (sulfide) groups is 1. The minimum atomic E-state index is -4.78. The van der Waals surface area contributed by atoms with Crippen molar-refractivity contribution in [3.8, 4) is 23.1 Å². The molecular weight excluding hydrogens is 447 g/mol. The normalized spacial score (nSPS) is 11.1. The molecule has 3 rings (SSSR count). The molecule has 0 aliphatic rings. The second-order valence-corrected chi connectivity index (χ2v) is 7.30. The van der Waals surface area contributed by atoms with Gasteiger partial charge in [-0.05, 0) is 37.3 Å². The number of amides is 1. The average Bonchev–Trinajstić information content (AvgIpc) is 3.23. The summed E-state index contributed by atoms with van der Waals surface area (Å²) in [4.78, 5) is 16.4. The fraction of sp³-hybridized carbons (Fsp3) is 0.250. The van der Waals surface area contributed by atoms with E-state index in [4.69, 9.17) is 9.26 Å². The van der Waals surface area contributed by atoms with Gasteiger partial charge in [0, 0.05) is 5.56 Å². The van der Waals surface area contributed by atoms with Crippen molar-refractivity contribution in [2.45, 2.75) is 24.7 Å². The van der Waals surface area contributed by atoms with Crippen LogP contribution in [0.25, 0.3) is 11.3 Å². The summed E-state index contributed by atoms with van der Waals surface area (Å²) in [5, 5.41) is 15.3. The fourth-order valence-electron chi connectivity index (χ4n) is 2.66. The quantitative estimate of drug-likeness (QED) is 0.420. The molecule has 0 unspecified atom stereocenters. The van der Waals surface area contributed by atoms with Crippen LogP contribution in [0.5, 0.6) is 5.75 Å². The van der Waals surface area contributed by atoms with Crippen molar-refractivity contribution >= 4 is 23.6 Å². The van der Waals surface area contributed by atoms with E-state index in [1.165, 1.54) is 18.0 Å². The lowest BCUT2D eigenvalue weighted by Crippen LogP contribution is -2.32. The molecule has 1 amide bonds. The largest absolute Gasteiger partial charge is 0.497 e. The number of hydrogen-bond acceptors (Lipinski definition) is 7. The van der Waals surface area contributed by atoms with Crippen LogP contribution >= 0.6 is 11.8 Å². The number of benzene rings is 1. The maximum atomic E-state index is 13.6. The molecule has 12 heteroatoms. The number of alkyl halides is 3.